The van der Waals surface area contributed by atoms with E-state index in [-0.39, 0.29) is 12.1 Å². The third-order valence-corrected chi connectivity index (χ3v) is 3.88. The van der Waals surface area contributed by atoms with Crippen LogP contribution in [0.15, 0.2) is 48.7 Å². The number of nitriles is 1. The Kier molecular flexibility index (Phi) is 5.23. The van der Waals surface area contributed by atoms with Gasteiger partial charge in [0.05, 0.1) is 23.7 Å². The molecule has 5 N–H and O–H groups in total. The minimum absolute atomic E-state index is 0.103. The number of H-pyrrole nitrogens is 1. The largest absolute Gasteiger partial charge is 0.478 e. The molecule has 9 nitrogen and oxygen atoms in total. The Morgan fingerprint density at radius 2 is 1.75 bits per heavy atom. The first-order valence-corrected chi connectivity index (χ1v) is 8.15. The molecule has 3 amide bonds. The second-order valence-corrected chi connectivity index (χ2v) is 5.81. The van der Waals surface area contributed by atoms with Crippen LogP contribution in [0.25, 0.3) is 10.9 Å². The molecular formula is C19H15N5O4. The summed E-state index contributed by atoms with van der Waals surface area (Å²) in [5, 5.41) is 25.9. The van der Waals surface area contributed by atoms with E-state index in [0.717, 1.165) is 0 Å². The van der Waals surface area contributed by atoms with Crippen LogP contribution in [0.2, 0.25) is 0 Å². The molecule has 140 valence electrons. The van der Waals surface area contributed by atoms with E-state index in [1.165, 1.54) is 6.20 Å². The Bertz CT molecular complexity index is 1100. The van der Waals surface area contributed by atoms with Crippen LogP contribution in [0.3, 0.4) is 0 Å². The molecule has 3 rings (SSSR count). The molecule has 0 unspecified atom stereocenters. The predicted molar refractivity (Wildman–Crippen MR) is 102 cm³/mol. The van der Waals surface area contributed by atoms with E-state index in [9.17, 15) is 14.4 Å². The highest BCUT2D eigenvalue weighted by molar-refractivity contribution is 6.05. The summed E-state index contributed by atoms with van der Waals surface area (Å²) in [7, 11) is 0. The lowest BCUT2D eigenvalue weighted by molar-refractivity contribution is -0.115. The summed E-state index contributed by atoms with van der Waals surface area (Å²) >= 11 is 0. The van der Waals surface area contributed by atoms with Gasteiger partial charge in [-0.2, -0.15) is 5.26 Å². The van der Waals surface area contributed by atoms with Crippen LogP contribution in [0, 0.1) is 11.3 Å². The molecule has 28 heavy (non-hydrogen) atoms. The van der Waals surface area contributed by atoms with Crippen molar-refractivity contribution in [3.63, 3.8) is 0 Å². The highest BCUT2D eigenvalue weighted by Gasteiger charge is 2.12. The molecule has 0 aliphatic rings. The van der Waals surface area contributed by atoms with Crippen LogP contribution in [0.4, 0.5) is 16.2 Å². The van der Waals surface area contributed by atoms with Crippen molar-refractivity contribution in [1.82, 2.24) is 10.3 Å². The van der Waals surface area contributed by atoms with Gasteiger partial charge in [-0.25, -0.2) is 9.59 Å². The molecule has 1 heterocycles. The molecule has 0 fully saturated rings. The van der Waals surface area contributed by atoms with E-state index in [1.54, 1.807) is 42.5 Å². The quantitative estimate of drug-likeness (QED) is 0.463. The van der Waals surface area contributed by atoms with Crippen molar-refractivity contribution in [2.24, 2.45) is 0 Å². The topological polar surface area (TPSA) is 147 Å². The van der Waals surface area contributed by atoms with E-state index in [4.69, 9.17) is 10.4 Å². The van der Waals surface area contributed by atoms with Crippen LogP contribution in [-0.2, 0) is 4.79 Å². The van der Waals surface area contributed by atoms with E-state index in [2.05, 4.69) is 20.9 Å². The molecule has 0 bridgehead atoms. The Labute approximate surface area is 159 Å². The number of carboxylic acid groups (broad SMARTS) is 1. The van der Waals surface area contributed by atoms with Crippen molar-refractivity contribution in [2.75, 3.05) is 17.2 Å². The van der Waals surface area contributed by atoms with Crippen molar-refractivity contribution in [2.45, 2.75) is 0 Å². The number of nitrogens with zero attached hydrogens (tertiary/aromatic N) is 1. The van der Waals surface area contributed by atoms with Gasteiger partial charge in [-0.1, -0.05) is 0 Å². The number of hydrogen-bond donors (Lipinski definition) is 5. The van der Waals surface area contributed by atoms with Gasteiger partial charge in [-0.3, -0.25) is 4.79 Å². The lowest BCUT2D eigenvalue weighted by atomic mass is 10.1. The minimum atomic E-state index is -1.07. The molecule has 2 aromatic carbocycles. The SMILES string of the molecule is N#Cc1ccc(NC(=O)NCC(=O)Nc2ccc3[nH]cc(C(=O)O)c3c2)cc1. The predicted octanol–water partition coefficient (Wildman–Crippen LogP) is 2.50. The summed E-state index contributed by atoms with van der Waals surface area (Å²) in [6.07, 6.45) is 1.38. The van der Waals surface area contributed by atoms with E-state index in [1.807, 2.05) is 6.07 Å². The summed E-state index contributed by atoms with van der Waals surface area (Å²) in [5.74, 6) is -1.54. The Balaban J connectivity index is 1.55. The first-order chi connectivity index (χ1) is 13.5. The molecule has 3 aromatic rings. The zero-order chi connectivity index (χ0) is 20.1. The van der Waals surface area contributed by atoms with Gasteiger partial charge in [0.1, 0.15) is 0 Å². The van der Waals surface area contributed by atoms with E-state index < -0.39 is 17.9 Å². The Morgan fingerprint density at radius 3 is 2.43 bits per heavy atom. The fourth-order valence-corrected chi connectivity index (χ4v) is 2.54. The van der Waals surface area contributed by atoms with Crippen LogP contribution >= 0.6 is 0 Å². The number of nitrogens with one attached hydrogen (secondary N) is 4. The molecule has 0 aliphatic carbocycles. The van der Waals surface area contributed by atoms with Gasteiger partial charge in [0.2, 0.25) is 5.91 Å². The molecule has 0 radical (unpaired) electrons. The van der Waals surface area contributed by atoms with Crippen molar-refractivity contribution in [1.29, 1.82) is 5.26 Å². The van der Waals surface area contributed by atoms with Crippen molar-refractivity contribution >= 4 is 40.2 Å². The highest BCUT2D eigenvalue weighted by Crippen LogP contribution is 2.22. The summed E-state index contributed by atoms with van der Waals surface area (Å²) < 4.78 is 0. The number of carbonyl (C=O) groups is 3. The molecule has 0 atom stereocenters. The summed E-state index contributed by atoms with van der Waals surface area (Å²) in [6, 6.07) is 12.5. The average Bonchev–Trinajstić information content (AvgIpc) is 3.10. The van der Waals surface area contributed by atoms with Gasteiger partial charge < -0.3 is 26.0 Å². The van der Waals surface area contributed by atoms with Crippen molar-refractivity contribution in [3.05, 3.63) is 59.8 Å². The second-order valence-electron chi connectivity index (χ2n) is 5.81. The van der Waals surface area contributed by atoms with Gasteiger partial charge in [-0.15, -0.1) is 0 Å². The monoisotopic (exact) mass is 377 g/mol. The maximum atomic E-state index is 12.0. The number of benzene rings is 2. The number of anilines is 2. The van der Waals surface area contributed by atoms with Gasteiger partial charge in [0, 0.05) is 28.5 Å². The molecule has 0 saturated heterocycles. The van der Waals surface area contributed by atoms with Gasteiger partial charge in [0.15, 0.2) is 0 Å². The molecule has 9 heteroatoms. The van der Waals surface area contributed by atoms with Gasteiger partial charge in [0.25, 0.3) is 0 Å². The van der Waals surface area contributed by atoms with Crippen LogP contribution in [-0.4, -0.2) is 34.5 Å². The Hall–Kier alpha value is -4.32. The average molecular weight is 377 g/mol. The zero-order valence-electron chi connectivity index (χ0n) is 14.4. The van der Waals surface area contributed by atoms with Crippen LogP contribution in [0.1, 0.15) is 15.9 Å². The smallest absolute Gasteiger partial charge is 0.337 e. The molecular weight excluding hydrogens is 362 g/mol. The third kappa shape index (κ3) is 4.25. The number of urea groups is 1. The first kappa shape index (κ1) is 18.5. The standard InChI is InChI=1S/C19H15N5O4/c20-8-11-1-3-12(4-2-11)24-19(28)22-10-17(25)23-13-5-6-16-14(7-13)15(9-21-16)18(26)27/h1-7,9,21H,10H2,(H,23,25)(H,26,27)(H2,22,24,28). The van der Waals surface area contributed by atoms with Gasteiger partial charge in [-0.05, 0) is 42.5 Å². The number of rotatable bonds is 5. The van der Waals surface area contributed by atoms with Crippen LogP contribution < -0.4 is 16.0 Å². The number of aromatic carboxylic acids is 1. The number of carbonyl (C=O) groups excluding carboxylic acids is 2. The lowest BCUT2D eigenvalue weighted by Crippen LogP contribution is -2.35. The number of amides is 3. The van der Waals surface area contributed by atoms with Crippen molar-refractivity contribution in [3.8, 4) is 6.07 Å². The van der Waals surface area contributed by atoms with E-state index in [0.29, 0.717) is 27.8 Å². The number of carboxylic acids is 1. The summed E-state index contributed by atoms with van der Waals surface area (Å²) in [4.78, 5) is 37.9. The molecule has 0 saturated carbocycles. The fourth-order valence-electron chi connectivity index (χ4n) is 2.54. The zero-order valence-corrected chi connectivity index (χ0v) is 14.4. The first-order valence-electron chi connectivity index (χ1n) is 8.15. The van der Waals surface area contributed by atoms with E-state index >= 15 is 0 Å². The van der Waals surface area contributed by atoms with Crippen LogP contribution in [0.5, 0.6) is 0 Å². The number of hydrogen-bond acceptors (Lipinski definition) is 4. The highest BCUT2D eigenvalue weighted by atomic mass is 16.4. The molecule has 1 aromatic heterocycles. The number of fused-ring (bicyclic) bond motifs is 1. The lowest BCUT2D eigenvalue weighted by Gasteiger charge is -2.09. The second kappa shape index (κ2) is 7.92. The maximum Gasteiger partial charge on any atom is 0.337 e. The number of aromatic nitrogens is 1. The van der Waals surface area contributed by atoms with Gasteiger partial charge >= 0.3 is 12.0 Å². The fraction of sp³-hybridized carbons (Fsp3) is 0.0526. The third-order valence-electron chi connectivity index (χ3n) is 3.88. The summed E-state index contributed by atoms with van der Waals surface area (Å²) in [6.45, 7) is -0.279. The molecule has 0 aliphatic heterocycles. The Morgan fingerprint density at radius 1 is 1.04 bits per heavy atom. The minimum Gasteiger partial charge on any atom is -0.478 e. The number of aromatic amines is 1. The maximum absolute atomic E-state index is 12.0. The summed E-state index contributed by atoms with van der Waals surface area (Å²) in [5.41, 5.74) is 2.10. The normalized spacial score (nSPS) is 10.1. The molecule has 0 spiro atoms. The van der Waals surface area contributed by atoms with Crippen molar-refractivity contribution < 1.29 is 19.5 Å².